The van der Waals surface area contributed by atoms with E-state index in [1.165, 1.54) is 12.1 Å². The number of likely N-dealkylation sites (tertiary alicyclic amines) is 1. The molecule has 0 aromatic heterocycles. The Bertz CT molecular complexity index is 531. The lowest BCUT2D eigenvalue weighted by Gasteiger charge is -2.22. The van der Waals surface area contributed by atoms with Gasteiger partial charge in [-0.2, -0.15) is 13.2 Å². The van der Waals surface area contributed by atoms with Crippen LogP contribution in [0.3, 0.4) is 0 Å². The summed E-state index contributed by atoms with van der Waals surface area (Å²) in [5.74, 6) is 0. The first kappa shape index (κ1) is 16.8. The molecule has 0 bridgehead atoms. The minimum atomic E-state index is -4.43. The number of hydrogen-bond acceptors (Lipinski definition) is 3. The molecule has 1 aromatic rings. The van der Waals surface area contributed by atoms with Gasteiger partial charge in [-0.3, -0.25) is 9.69 Å². The molecule has 0 radical (unpaired) electrons. The Labute approximate surface area is 127 Å². The molecule has 1 aliphatic heterocycles. The van der Waals surface area contributed by atoms with E-state index in [1.807, 2.05) is 19.0 Å². The van der Waals surface area contributed by atoms with Crippen LogP contribution in [-0.4, -0.2) is 49.4 Å². The Kier molecular flexibility index (Phi) is 5.08. The van der Waals surface area contributed by atoms with Crippen LogP contribution in [-0.2, 0) is 17.5 Å². The molecule has 1 saturated heterocycles. The molecule has 2 rings (SSSR count). The summed E-state index contributed by atoms with van der Waals surface area (Å²) in [6.07, 6.45) is -3.10. The van der Waals surface area contributed by atoms with Crippen LogP contribution in [0.1, 0.15) is 17.5 Å². The first-order valence-corrected chi connectivity index (χ1v) is 7.10. The van der Waals surface area contributed by atoms with Crippen molar-refractivity contribution in [3.05, 3.63) is 29.3 Å². The van der Waals surface area contributed by atoms with Gasteiger partial charge >= 0.3 is 6.18 Å². The van der Waals surface area contributed by atoms with Gasteiger partial charge in [-0.15, -0.1) is 0 Å². The molecule has 0 aliphatic carbocycles. The zero-order valence-corrected chi connectivity index (χ0v) is 12.7. The van der Waals surface area contributed by atoms with Gasteiger partial charge in [-0.1, -0.05) is 6.07 Å². The molecule has 1 heterocycles. The van der Waals surface area contributed by atoms with Crippen molar-refractivity contribution in [2.45, 2.75) is 25.2 Å². The van der Waals surface area contributed by atoms with Gasteiger partial charge < -0.3 is 10.2 Å². The zero-order valence-electron chi connectivity index (χ0n) is 12.7. The monoisotopic (exact) mass is 315 g/mol. The van der Waals surface area contributed by atoms with E-state index < -0.39 is 11.7 Å². The SMILES string of the molecule is CN(C)C1CCN(Cc2ccc(NC=O)cc2C(F)(F)F)C1. The van der Waals surface area contributed by atoms with Gasteiger partial charge in [0.1, 0.15) is 0 Å². The second kappa shape index (κ2) is 6.66. The third-order valence-corrected chi connectivity index (χ3v) is 4.01. The maximum atomic E-state index is 13.2. The van der Waals surface area contributed by atoms with Gasteiger partial charge in [-0.25, -0.2) is 0 Å². The highest BCUT2D eigenvalue weighted by molar-refractivity contribution is 5.71. The standard InChI is InChI=1S/C15H20F3N3O/c1-20(2)13-5-6-21(9-13)8-11-3-4-12(19-10-22)7-14(11)15(16,17)18/h3-4,7,10,13H,5-6,8-9H2,1-2H3,(H,19,22). The first-order chi connectivity index (χ1) is 10.3. The van der Waals surface area contributed by atoms with Crippen LogP contribution in [0.2, 0.25) is 0 Å². The molecule has 7 heteroatoms. The summed E-state index contributed by atoms with van der Waals surface area (Å²) >= 11 is 0. The van der Waals surface area contributed by atoms with Crippen LogP contribution >= 0.6 is 0 Å². The number of likely N-dealkylation sites (N-methyl/N-ethyl adjacent to an activating group) is 1. The van der Waals surface area contributed by atoms with Crippen molar-refractivity contribution < 1.29 is 18.0 Å². The molecular weight excluding hydrogens is 295 g/mol. The van der Waals surface area contributed by atoms with Gasteiger partial charge in [0, 0.05) is 31.4 Å². The van der Waals surface area contributed by atoms with E-state index >= 15 is 0 Å². The largest absolute Gasteiger partial charge is 0.416 e. The molecule has 1 amide bonds. The molecule has 0 saturated carbocycles. The fourth-order valence-corrected chi connectivity index (χ4v) is 2.75. The Morgan fingerprint density at radius 3 is 2.68 bits per heavy atom. The molecule has 122 valence electrons. The lowest BCUT2D eigenvalue weighted by molar-refractivity contribution is -0.138. The van der Waals surface area contributed by atoms with Crippen LogP contribution in [0.4, 0.5) is 18.9 Å². The zero-order chi connectivity index (χ0) is 16.3. The number of benzene rings is 1. The number of nitrogens with zero attached hydrogens (tertiary/aromatic N) is 2. The van der Waals surface area contributed by atoms with Crippen LogP contribution in [0.15, 0.2) is 18.2 Å². The molecule has 22 heavy (non-hydrogen) atoms. The highest BCUT2D eigenvalue weighted by atomic mass is 19.4. The molecule has 0 spiro atoms. The fraction of sp³-hybridized carbons (Fsp3) is 0.533. The van der Waals surface area contributed by atoms with Gasteiger partial charge in [0.25, 0.3) is 0 Å². The third-order valence-electron chi connectivity index (χ3n) is 4.01. The van der Waals surface area contributed by atoms with E-state index in [0.717, 1.165) is 25.6 Å². The average Bonchev–Trinajstić information content (AvgIpc) is 2.88. The lowest BCUT2D eigenvalue weighted by Crippen LogP contribution is -2.31. The third kappa shape index (κ3) is 3.98. The second-order valence-corrected chi connectivity index (χ2v) is 5.77. The van der Waals surface area contributed by atoms with Crippen molar-refractivity contribution >= 4 is 12.1 Å². The predicted molar refractivity (Wildman–Crippen MR) is 78.5 cm³/mol. The highest BCUT2D eigenvalue weighted by Gasteiger charge is 2.34. The molecule has 1 N–H and O–H groups in total. The summed E-state index contributed by atoms with van der Waals surface area (Å²) in [6, 6.07) is 4.31. The van der Waals surface area contributed by atoms with Crippen molar-refractivity contribution in [1.82, 2.24) is 9.80 Å². The number of hydrogen-bond donors (Lipinski definition) is 1. The maximum absolute atomic E-state index is 13.2. The number of halogens is 3. The summed E-state index contributed by atoms with van der Waals surface area (Å²) in [7, 11) is 3.96. The lowest BCUT2D eigenvalue weighted by atomic mass is 10.1. The van der Waals surface area contributed by atoms with Crippen LogP contribution in [0.5, 0.6) is 0 Å². The molecule has 1 aliphatic rings. The number of amides is 1. The number of carbonyl (C=O) groups excluding carboxylic acids is 1. The van der Waals surface area contributed by atoms with Crippen molar-refractivity contribution in [2.24, 2.45) is 0 Å². The van der Waals surface area contributed by atoms with E-state index in [2.05, 4.69) is 10.2 Å². The predicted octanol–water partition coefficient (Wildman–Crippen LogP) is 2.41. The first-order valence-electron chi connectivity index (χ1n) is 7.10. The fourth-order valence-electron chi connectivity index (χ4n) is 2.75. The molecular formula is C15H20F3N3O. The van der Waals surface area contributed by atoms with Crippen molar-refractivity contribution in [3.63, 3.8) is 0 Å². The number of alkyl halides is 3. The maximum Gasteiger partial charge on any atom is 0.416 e. The summed E-state index contributed by atoms with van der Waals surface area (Å²) in [6.45, 7) is 1.81. The Morgan fingerprint density at radius 2 is 2.14 bits per heavy atom. The van der Waals surface area contributed by atoms with Crippen molar-refractivity contribution in [3.8, 4) is 0 Å². The normalized spacial score (nSPS) is 19.6. The van der Waals surface area contributed by atoms with Crippen molar-refractivity contribution in [1.29, 1.82) is 0 Å². The van der Waals surface area contributed by atoms with E-state index in [9.17, 15) is 18.0 Å². The molecule has 1 aromatic carbocycles. The van der Waals surface area contributed by atoms with Gasteiger partial charge in [0.15, 0.2) is 0 Å². The smallest absolute Gasteiger partial charge is 0.329 e. The minimum Gasteiger partial charge on any atom is -0.329 e. The average molecular weight is 315 g/mol. The van der Waals surface area contributed by atoms with Crippen LogP contribution in [0, 0.1) is 0 Å². The van der Waals surface area contributed by atoms with Crippen LogP contribution in [0.25, 0.3) is 0 Å². The van der Waals surface area contributed by atoms with Crippen LogP contribution < -0.4 is 5.32 Å². The van der Waals surface area contributed by atoms with Crippen molar-refractivity contribution in [2.75, 3.05) is 32.5 Å². The molecule has 1 atom stereocenters. The quantitative estimate of drug-likeness (QED) is 0.848. The number of nitrogens with one attached hydrogen (secondary N) is 1. The Balaban J connectivity index is 2.18. The molecule has 4 nitrogen and oxygen atoms in total. The highest BCUT2D eigenvalue weighted by Crippen LogP contribution is 2.34. The second-order valence-electron chi connectivity index (χ2n) is 5.77. The van der Waals surface area contributed by atoms with E-state index in [4.69, 9.17) is 0 Å². The summed E-state index contributed by atoms with van der Waals surface area (Å²) in [5.41, 5.74) is -0.297. The van der Waals surface area contributed by atoms with Gasteiger partial charge in [0.2, 0.25) is 6.41 Å². The van der Waals surface area contributed by atoms with E-state index in [1.54, 1.807) is 0 Å². The molecule has 1 fully saturated rings. The van der Waals surface area contributed by atoms with E-state index in [0.29, 0.717) is 12.5 Å². The summed E-state index contributed by atoms with van der Waals surface area (Å²) in [4.78, 5) is 14.5. The summed E-state index contributed by atoms with van der Waals surface area (Å²) < 4.78 is 39.6. The Hall–Kier alpha value is -1.60. The topological polar surface area (TPSA) is 35.6 Å². The Morgan fingerprint density at radius 1 is 1.41 bits per heavy atom. The van der Waals surface area contributed by atoms with Gasteiger partial charge in [0.05, 0.1) is 5.56 Å². The number of anilines is 1. The molecule has 1 unspecified atom stereocenters. The summed E-state index contributed by atoms with van der Waals surface area (Å²) in [5, 5.41) is 2.26. The van der Waals surface area contributed by atoms with E-state index in [-0.39, 0.29) is 17.8 Å². The minimum absolute atomic E-state index is 0.152. The van der Waals surface area contributed by atoms with Gasteiger partial charge in [-0.05, 0) is 38.2 Å². The number of rotatable bonds is 5. The number of carbonyl (C=O) groups is 1.